The van der Waals surface area contributed by atoms with Gasteiger partial charge in [0.25, 0.3) is 0 Å². The van der Waals surface area contributed by atoms with Gasteiger partial charge in [0, 0.05) is 44.5 Å². The molecule has 2 aromatic carbocycles. The third-order valence-electron chi connectivity index (χ3n) is 6.12. The van der Waals surface area contributed by atoms with Crippen LogP contribution in [0.4, 0.5) is 10.5 Å². The molecule has 8 heteroatoms. The highest BCUT2D eigenvalue weighted by atomic mass is 32.2. The number of nitrogens with one attached hydrogen (secondary N) is 2. The molecule has 0 unspecified atom stereocenters. The van der Waals surface area contributed by atoms with Crippen molar-refractivity contribution >= 4 is 21.7 Å². The molecule has 0 spiro atoms. The number of piperidine rings is 1. The van der Waals surface area contributed by atoms with Gasteiger partial charge in [0.05, 0.1) is 6.26 Å². The summed E-state index contributed by atoms with van der Waals surface area (Å²) in [6, 6.07) is 16.1. The molecule has 0 atom stereocenters. The average Bonchev–Trinajstić information content (AvgIpc) is 2.75. The summed E-state index contributed by atoms with van der Waals surface area (Å²) in [7, 11) is -3.22. The molecule has 166 valence electrons. The minimum absolute atomic E-state index is 0.160. The zero-order valence-corrected chi connectivity index (χ0v) is 18.7. The Balaban J connectivity index is 1.29. The Morgan fingerprint density at radius 3 is 2.48 bits per heavy atom. The first-order valence-corrected chi connectivity index (χ1v) is 12.6. The Bertz CT molecular complexity index is 1020. The molecule has 31 heavy (non-hydrogen) atoms. The minimum Gasteiger partial charge on any atom is -0.335 e. The fourth-order valence-corrected chi connectivity index (χ4v) is 5.20. The number of sulfonamides is 1. The number of hydrogen-bond acceptors (Lipinski definition) is 4. The first-order chi connectivity index (χ1) is 14.9. The van der Waals surface area contributed by atoms with Crippen LogP contribution in [0.25, 0.3) is 0 Å². The molecule has 0 aromatic heterocycles. The first kappa shape index (κ1) is 21.8. The monoisotopic (exact) mass is 442 g/mol. The van der Waals surface area contributed by atoms with Crippen LogP contribution in [0, 0.1) is 0 Å². The lowest BCUT2D eigenvalue weighted by Crippen LogP contribution is -2.45. The van der Waals surface area contributed by atoms with E-state index >= 15 is 0 Å². The summed E-state index contributed by atoms with van der Waals surface area (Å²) >= 11 is 0. The number of rotatable bonds is 5. The molecule has 7 nitrogen and oxygen atoms in total. The summed E-state index contributed by atoms with van der Waals surface area (Å²) in [4.78, 5) is 15.0. The number of carbonyl (C=O) groups is 1. The number of anilines is 1. The van der Waals surface area contributed by atoms with Gasteiger partial charge in [0.1, 0.15) is 0 Å². The van der Waals surface area contributed by atoms with Crippen molar-refractivity contribution in [3.63, 3.8) is 0 Å². The topological polar surface area (TPSA) is 81.8 Å². The van der Waals surface area contributed by atoms with Gasteiger partial charge in [0.2, 0.25) is 10.0 Å². The predicted octanol–water partition coefficient (Wildman–Crippen LogP) is 2.79. The van der Waals surface area contributed by atoms with E-state index in [0.29, 0.717) is 19.5 Å². The zero-order valence-electron chi connectivity index (χ0n) is 17.9. The van der Waals surface area contributed by atoms with Crippen LogP contribution in [0.2, 0.25) is 0 Å². The summed E-state index contributed by atoms with van der Waals surface area (Å²) in [5, 5.41) is 6.10. The van der Waals surface area contributed by atoms with E-state index in [2.05, 4.69) is 39.8 Å². The van der Waals surface area contributed by atoms with Gasteiger partial charge >= 0.3 is 6.03 Å². The fourth-order valence-electron chi connectivity index (χ4n) is 4.40. The standard InChI is InChI=1S/C23H30N4O3S/c1-31(29,30)27-15-12-21-19(17-27)8-5-9-22(21)25-23(28)24-20-10-13-26(14-11-20)16-18-6-3-2-4-7-18/h2-9,20H,10-17H2,1H3,(H2,24,25,28). The zero-order chi connectivity index (χ0) is 21.8. The molecule has 2 N–H and O–H groups in total. The quantitative estimate of drug-likeness (QED) is 0.746. The van der Waals surface area contributed by atoms with Gasteiger partial charge in [-0.15, -0.1) is 0 Å². The predicted molar refractivity (Wildman–Crippen MR) is 122 cm³/mol. The second-order valence-corrected chi connectivity index (χ2v) is 10.4. The van der Waals surface area contributed by atoms with E-state index in [1.807, 2.05) is 24.3 Å². The third kappa shape index (κ3) is 5.64. The largest absolute Gasteiger partial charge is 0.335 e. The van der Waals surface area contributed by atoms with Crippen LogP contribution in [-0.4, -0.2) is 55.6 Å². The molecule has 2 heterocycles. The van der Waals surface area contributed by atoms with Crippen molar-refractivity contribution in [2.45, 2.75) is 38.4 Å². The molecule has 2 amide bonds. The number of hydrogen-bond donors (Lipinski definition) is 2. The summed E-state index contributed by atoms with van der Waals surface area (Å²) in [5.74, 6) is 0. The average molecular weight is 443 g/mol. The molecule has 0 saturated carbocycles. The molecule has 2 aliphatic heterocycles. The summed E-state index contributed by atoms with van der Waals surface area (Å²) < 4.78 is 25.2. The fraction of sp³-hybridized carbons (Fsp3) is 0.435. The molecule has 1 saturated heterocycles. The summed E-state index contributed by atoms with van der Waals surface area (Å²) in [6.45, 7) is 3.65. The molecule has 4 rings (SSSR count). The van der Waals surface area contributed by atoms with Crippen LogP contribution in [0.15, 0.2) is 48.5 Å². The van der Waals surface area contributed by atoms with Gasteiger partial charge < -0.3 is 10.6 Å². The molecule has 0 radical (unpaired) electrons. The van der Waals surface area contributed by atoms with E-state index in [1.54, 1.807) is 0 Å². The Hall–Kier alpha value is -2.42. The Kier molecular flexibility index (Phi) is 6.60. The van der Waals surface area contributed by atoms with Gasteiger partial charge in [-0.1, -0.05) is 42.5 Å². The number of carbonyl (C=O) groups excluding carboxylic acids is 1. The lowest BCUT2D eigenvalue weighted by molar-refractivity contribution is 0.190. The van der Waals surface area contributed by atoms with Crippen LogP contribution in [0.5, 0.6) is 0 Å². The Labute approximate surface area is 184 Å². The highest BCUT2D eigenvalue weighted by Crippen LogP contribution is 2.27. The maximum absolute atomic E-state index is 12.6. The second-order valence-electron chi connectivity index (χ2n) is 8.42. The van der Waals surface area contributed by atoms with Crippen LogP contribution in [0.3, 0.4) is 0 Å². The number of amides is 2. The van der Waals surface area contributed by atoms with E-state index < -0.39 is 10.0 Å². The number of nitrogens with zero attached hydrogens (tertiary/aromatic N) is 2. The van der Waals surface area contributed by atoms with E-state index in [1.165, 1.54) is 16.1 Å². The van der Waals surface area contributed by atoms with Crippen molar-refractivity contribution in [3.8, 4) is 0 Å². The van der Waals surface area contributed by atoms with Crippen LogP contribution < -0.4 is 10.6 Å². The van der Waals surface area contributed by atoms with Crippen LogP contribution >= 0.6 is 0 Å². The molecule has 2 aliphatic rings. The lowest BCUT2D eigenvalue weighted by Gasteiger charge is -2.32. The van der Waals surface area contributed by atoms with Crippen LogP contribution in [0.1, 0.15) is 29.5 Å². The van der Waals surface area contributed by atoms with E-state index in [4.69, 9.17) is 0 Å². The lowest BCUT2D eigenvalue weighted by atomic mass is 9.99. The van der Waals surface area contributed by atoms with Gasteiger partial charge in [0.15, 0.2) is 0 Å². The van der Waals surface area contributed by atoms with E-state index in [9.17, 15) is 13.2 Å². The van der Waals surface area contributed by atoms with Crippen molar-refractivity contribution in [3.05, 3.63) is 65.2 Å². The number of likely N-dealkylation sites (tertiary alicyclic amines) is 1. The molecule has 0 aliphatic carbocycles. The van der Waals surface area contributed by atoms with E-state index in [0.717, 1.165) is 49.3 Å². The maximum atomic E-state index is 12.6. The highest BCUT2D eigenvalue weighted by Gasteiger charge is 2.25. The van der Waals surface area contributed by atoms with Gasteiger partial charge in [-0.2, -0.15) is 4.31 Å². The number of urea groups is 1. The molecule has 1 fully saturated rings. The van der Waals surface area contributed by atoms with Gasteiger partial charge in [-0.05, 0) is 42.0 Å². The molecule has 0 bridgehead atoms. The molecular formula is C23H30N4O3S. The minimum atomic E-state index is -3.22. The maximum Gasteiger partial charge on any atom is 0.319 e. The van der Waals surface area contributed by atoms with Crippen molar-refractivity contribution in [1.29, 1.82) is 0 Å². The molecular weight excluding hydrogens is 412 g/mol. The SMILES string of the molecule is CS(=O)(=O)N1CCc2c(cccc2NC(=O)NC2CCN(Cc3ccccc3)CC2)C1. The number of fused-ring (bicyclic) bond motifs is 1. The second kappa shape index (κ2) is 9.38. The Morgan fingerprint density at radius 2 is 1.77 bits per heavy atom. The Morgan fingerprint density at radius 1 is 1.03 bits per heavy atom. The van der Waals surface area contributed by atoms with Crippen molar-refractivity contribution in [2.75, 3.05) is 31.2 Å². The number of benzene rings is 2. The first-order valence-electron chi connectivity index (χ1n) is 10.8. The summed E-state index contributed by atoms with van der Waals surface area (Å²) in [5.41, 5.74) is 4.05. The van der Waals surface area contributed by atoms with Gasteiger partial charge in [-0.3, -0.25) is 4.90 Å². The molecule has 2 aromatic rings. The summed E-state index contributed by atoms with van der Waals surface area (Å²) in [6.07, 6.45) is 3.68. The van der Waals surface area contributed by atoms with Crippen LogP contribution in [-0.2, 0) is 29.5 Å². The normalized spacial score (nSPS) is 18.4. The highest BCUT2D eigenvalue weighted by molar-refractivity contribution is 7.88. The smallest absolute Gasteiger partial charge is 0.319 e. The third-order valence-corrected chi connectivity index (χ3v) is 7.37. The van der Waals surface area contributed by atoms with Gasteiger partial charge in [-0.25, -0.2) is 13.2 Å². The van der Waals surface area contributed by atoms with E-state index in [-0.39, 0.29) is 12.1 Å². The van der Waals surface area contributed by atoms with Crippen molar-refractivity contribution in [2.24, 2.45) is 0 Å². The van der Waals surface area contributed by atoms with Crippen molar-refractivity contribution < 1.29 is 13.2 Å². The van der Waals surface area contributed by atoms with Crippen molar-refractivity contribution in [1.82, 2.24) is 14.5 Å².